The number of aliphatic carboxylic acids is 1. The fourth-order valence-corrected chi connectivity index (χ4v) is 2.48. The molecule has 1 aromatic carbocycles. The van der Waals surface area contributed by atoms with Crippen LogP contribution in [0.5, 0.6) is 5.75 Å². The molecule has 1 aliphatic heterocycles. The van der Waals surface area contributed by atoms with Crippen LogP contribution in [0.15, 0.2) is 24.3 Å². The molecule has 0 bridgehead atoms. The minimum atomic E-state index is -1.02. The standard InChI is InChI=1S/C9H11NO3.C8H15N3OS/c10-8(9(12)13)5-6-1-3-7(11)4-2-6;1-10(2)4-3-5-11-6-7(12)9-8(11)13/h1-4,8,11H,5,10H2,(H,12,13);3-6H2,1-2H3,(H,9,12,13)/t8-;/m0./s1. The Morgan fingerprint density at radius 1 is 1.38 bits per heavy atom. The molecule has 0 spiro atoms. The molecule has 2 rings (SSSR count). The molecule has 1 atom stereocenters. The predicted octanol–water partition coefficient (Wildman–Crippen LogP) is 0.00140. The van der Waals surface area contributed by atoms with Crippen LogP contribution in [-0.2, 0) is 16.0 Å². The summed E-state index contributed by atoms with van der Waals surface area (Å²) in [4.78, 5) is 25.3. The van der Waals surface area contributed by atoms with E-state index in [0.29, 0.717) is 11.7 Å². The van der Waals surface area contributed by atoms with Crippen LogP contribution in [0.1, 0.15) is 12.0 Å². The molecule has 0 unspecified atom stereocenters. The number of nitrogens with two attached hydrogens (primary N) is 1. The van der Waals surface area contributed by atoms with Crippen molar-refractivity contribution in [3.63, 3.8) is 0 Å². The van der Waals surface area contributed by atoms with Gasteiger partial charge >= 0.3 is 5.97 Å². The Morgan fingerprint density at radius 3 is 2.46 bits per heavy atom. The van der Waals surface area contributed by atoms with E-state index in [2.05, 4.69) is 10.2 Å². The number of thiocarbonyl (C=S) groups is 1. The Hall–Kier alpha value is -2.23. The molecule has 26 heavy (non-hydrogen) atoms. The lowest BCUT2D eigenvalue weighted by molar-refractivity contribution is -0.138. The molecule has 0 radical (unpaired) electrons. The second kappa shape index (κ2) is 10.7. The molecule has 1 aromatic rings. The molecule has 0 aromatic heterocycles. The van der Waals surface area contributed by atoms with Crippen molar-refractivity contribution in [2.75, 3.05) is 33.7 Å². The lowest BCUT2D eigenvalue weighted by Gasteiger charge is -2.16. The van der Waals surface area contributed by atoms with Gasteiger partial charge in [0.1, 0.15) is 11.8 Å². The SMILES string of the molecule is CN(C)CCCN1CC(=O)NC1=S.N[C@@H](Cc1ccc(O)cc1)C(=O)O. The van der Waals surface area contributed by atoms with Gasteiger partial charge in [0.05, 0.1) is 6.54 Å². The average Bonchev–Trinajstić information content (AvgIpc) is 2.87. The molecule has 144 valence electrons. The summed E-state index contributed by atoms with van der Waals surface area (Å²) in [6.07, 6.45) is 1.30. The molecule has 1 fully saturated rings. The average molecular weight is 382 g/mol. The number of hydrogen-bond donors (Lipinski definition) is 4. The second-order valence-corrected chi connectivity index (χ2v) is 6.63. The molecular weight excluding hydrogens is 356 g/mol. The summed E-state index contributed by atoms with van der Waals surface area (Å²) in [5.74, 6) is -0.851. The van der Waals surface area contributed by atoms with Crippen LogP contribution in [0.2, 0.25) is 0 Å². The van der Waals surface area contributed by atoms with Crippen molar-refractivity contribution >= 4 is 29.2 Å². The number of carbonyl (C=O) groups is 2. The van der Waals surface area contributed by atoms with Crippen LogP contribution in [0, 0.1) is 0 Å². The van der Waals surface area contributed by atoms with Gasteiger partial charge in [-0.25, -0.2) is 0 Å². The summed E-state index contributed by atoms with van der Waals surface area (Å²) in [7, 11) is 4.07. The lowest BCUT2D eigenvalue weighted by Crippen LogP contribution is -2.32. The highest BCUT2D eigenvalue weighted by Crippen LogP contribution is 2.10. The van der Waals surface area contributed by atoms with Crippen molar-refractivity contribution in [3.05, 3.63) is 29.8 Å². The molecule has 1 aliphatic rings. The van der Waals surface area contributed by atoms with Crippen molar-refractivity contribution < 1.29 is 19.8 Å². The van der Waals surface area contributed by atoms with Gasteiger partial charge in [0.15, 0.2) is 5.11 Å². The van der Waals surface area contributed by atoms with Gasteiger partial charge in [0.2, 0.25) is 5.91 Å². The number of aromatic hydroxyl groups is 1. The number of carbonyl (C=O) groups excluding carboxylic acids is 1. The van der Waals surface area contributed by atoms with Crippen molar-refractivity contribution in [1.29, 1.82) is 0 Å². The summed E-state index contributed by atoms with van der Waals surface area (Å²) in [5.41, 5.74) is 6.12. The molecular formula is C17H26N4O4S. The Morgan fingerprint density at radius 2 is 2.00 bits per heavy atom. The highest BCUT2D eigenvalue weighted by Gasteiger charge is 2.22. The zero-order valence-corrected chi connectivity index (χ0v) is 15.8. The van der Waals surface area contributed by atoms with Gasteiger partial charge in [0.25, 0.3) is 0 Å². The molecule has 8 nitrogen and oxygen atoms in total. The van der Waals surface area contributed by atoms with Crippen LogP contribution < -0.4 is 11.1 Å². The van der Waals surface area contributed by atoms with Gasteiger partial charge in [-0.3, -0.25) is 9.59 Å². The normalized spacial score (nSPS) is 14.7. The Labute approximate surface area is 158 Å². The van der Waals surface area contributed by atoms with Crippen LogP contribution in [0.3, 0.4) is 0 Å². The number of carboxylic acids is 1. The molecule has 9 heteroatoms. The van der Waals surface area contributed by atoms with Gasteiger partial charge in [-0.15, -0.1) is 0 Å². The highest BCUT2D eigenvalue weighted by atomic mass is 32.1. The fraction of sp³-hybridized carbons (Fsp3) is 0.471. The van der Waals surface area contributed by atoms with E-state index < -0.39 is 12.0 Å². The fourth-order valence-electron chi connectivity index (χ4n) is 2.21. The van der Waals surface area contributed by atoms with E-state index in [1.165, 1.54) is 12.1 Å². The monoisotopic (exact) mass is 382 g/mol. The van der Waals surface area contributed by atoms with Crippen molar-refractivity contribution in [2.45, 2.75) is 18.9 Å². The van der Waals surface area contributed by atoms with E-state index in [9.17, 15) is 9.59 Å². The van der Waals surface area contributed by atoms with Gasteiger partial charge in [-0.2, -0.15) is 0 Å². The number of carboxylic acid groups (broad SMARTS) is 1. The zero-order chi connectivity index (χ0) is 19.7. The zero-order valence-electron chi connectivity index (χ0n) is 15.0. The quantitative estimate of drug-likeness (QED) is 0.487. The molecule has 1 amide bonds. The maximum atomic E-state index is 10.9. The lowest BCUT2D eigenvalue weighted by atomic mass is 10.1. The predicted molar refractivity (Wildman–Crippen MR) is 103 cm³/mol. The summed E-state index contributed by atoms with van der Waals surface area (Å²) < 4.78 is 0. The van der Waals surface area contributed by atoms with Crippen LogP contribution in [0.25, 0.3) is 0 Å². The summed E-state index contributed by atoms with van der Waals surface area (Å²) >= 11 is 4.98. The van der Waals surface area contributed by atoms with E-state index in [-0.39, 0.29) is 18.1 Å². The third kappa shape index (κ3) is 8.24. The van der Waals surface area contributed by atoms with Gasteiger partial charge < -0.3 is 31.1 Å². The van der Waals surface area contributed by atoms with Gasteiger partial charge in [-0.05, 0) is 63.4 Å². The summed E-state index contributed by atoms with van der Waals surface area (Å²) in [6.45, 7) is 2.30. The maximum Gasteiger partial charge on any atom is 0.320 e. The first-order valence-corrected chi connectivity index (χ1v) is 8.59. The minimum Gasteiger partial charge on any atom is -0.508 e. The molecule has 0 aliphatic carbocycles. The van der Waals surface area contributed by atoms with Crippen molar-refractivity contribution in [3.8, 4) is 5.75 Å². The van der Waals surface area contributed by atoms with E-state index in [1.54, 1.807) is 12.1 Å². The third-order valence-corrected chi connectivity index (χ3v) is 3.97. The smallest absolute Gasteiger partial charge is 0.320 e. The first-order chi connectivity index (χ1) is 12.2. The Balaban J connectivity index is 0.000000260. The Kier molecular flexibility index (Phi) is 8.97. The van der Waals surface area contributed by atoms with Gasteiger partial charge in [-0.1, -0.05) is 12.1 Å². The number of nitrogens with one attached hydrogen (secondary N) is 1. The third-order valence-electron chi connectivity index (χ3n) is 3.61. The number of benzene rings is 1. The molecule has 1 saturated heterocycles. The number of amides is 1. The van der Waals surface area contributed by atoms with Crippen LogP contribution in [0.4, 0.5) is 0 Å². The van der Waals surface area contributed by atoms with Crippen molar-refractivity contribution in [2.24, 2.45) is 5.73 Å². The molecule has 1 heterocycles. The van der Waals surface area contributed by atoms with E-state index in [0.717, 1.165) is 25.1 Å². The minimum absolute atomic E-state index is 0.00912. The van der Waals surface area contributed by atoms with Crippen LogP contribution >= 0.6 is 12.2 Å². The van der Waals surface area contributed by atoms with Crippen molar-refractivity contribution in [1.82, 2.24) is 15.1 Å². The molecule has 5 N–H and O–H groups in total. The highest BCUT2D eigenvalue weighted by molar-refractivity contribution is 7.80. The first-order valence-electron chi connectivity index (χ1n) is 8.19. The Bertz CT molecular complexity index is 622. The van der Waals surface area contributed by atoms with E-state index >= 15 is 0 Å². The second-order valence-electron chi connectivity index (χ2n) is 6.25. The largest absolute Gasteiger partial charge is 0.508 e. The number of phenols is 1. The maximum absolute atomic E-state index is 10.9. The van der Waals surface area contributed by atoms with Crippen LogP contribution in [-0.4, -0.2) is 76.8 Å². The molecule has 0 saturated carbocycles. The number of phenolic OH excluding ortho intramolecular Hbond substituents is 1. The summed E-state index contributed by atoms with van der Waals surface area (Å²) in [6, 6.07) is 5.42. The number of hydrogen-bond acceptors (Lipinski definition) is 6. The summed E-state index contributed by atoms with van der Waals surface area (Å²) in [5, 5.41) is 20.7. The van der Waals surface area contributed by atoms with E-state index in [1.807, 2.05) is 19.0 Å². The first kappa shape index (κ1) is 21.8. The van der Waals surface area contributed by atoms with E-state index in [4.69, 9.17) is 28.2 Å². The number of nitrogens with zero attached hydrogens (tertiary/aromatic N) is 2. The topological polar surface area (TPSA) is 119 Å². The number of rotatable bonds is 7. The van der Waals surface area contributed by atoms with Gasteiger partial charge in [0, 0.05) is 6.54 Å².